The summed E-state index contributed by atoms with van der Waals surface area (Å²) in [6.45, 7) is 0. The molecule has 3 rings (SSSR count). The van der Waals surface area contributed by atoms with E-state index >= 15 is 0 Å². The Hall–Kier alpha value is -0.440. The summed E-state index contributed by atoms with van der Waals surface area (Å²) >= 11 is 1.63. The second kappa shape index (κ2) is 1.83. The molecule has 0 radical (unpaired) electrons. The Morgan fingerprint density at radius 2 is 2.27 bits per heavy atom. The maximum atomic E-state index is 11.3. The normalized spacial score (nSPS) is 51.5. The lowest BCUT2D eigenvalue weighted by molar-refractivity contribution is -0.122. The molecule has 2 fully saturated rings. The highest BCUT2D eigenvalue weighted by atomic mass is 32.2. The second-order valence-corrected chi connectivity index (χ2v) is 4.51. The van der Waals surface area contributed by atoms with Crippen molar-refractivity contribution in [2.24, 2.45) is 17.8 Å². The van der Waals surface area contributed by atoms with E-state index in [2.05, 4.69) is 16.9 Å². The van der Waals surface area contributed by atoms with Gasteiger partial charge in [-0.2, -0.15) is 0 Å². The fraction of sp³-hybridized carbons (Fsp3) is 0.625. The van der Waals surface area contributed by atoms with Gasteiger partial charge in [0.05, 0.1) is 5.92 Å². The summed E-state index contributed by atoms with van der Waals surface area (Å²) in [5, 5.41) is 0.553. The summed E-state index contributed by atoms with van der Waals surface area (Å²) in [5.74, 6) is 1.79. The van der Waals surface area contributed by atoms with Gasteiger partial charge in [-0.05, 0) is 30.2 Å². The molecule has 0 aromatic rings. The van der Waals surface area contributed by atoms with Crippen LogP contribution in [0.25, 0.3) is 0 Å². The van der Waals surface area contributed by atoms with Gasteiger partial charge in [0.15, 0.2) is 0 Å². The molecule has 1 saturated carbocycles. The van der Waals surface area contributed by atoms with Gasteiger partial charge in [-0.3, -0.25) is 9.52 Å². The number of fused-ring (bicyclic) bond motifs is 5. The number of carbonyl (C=O) groups is 1. The number of rotatable bonds is 0. The van der Waals surface area contributed by atoms with Crippen molar-refractivity contribution in [1.82, 2.24) is 4.72 Å². The number of amides is 1. The standard InChI is InChI=1S/C8H9NOS/c10-8-6-4-1-2-5(3-4)7(6)11-9-8/h1-2,4-7H,3H2,(H,9,10). The minimum atomic E-state index is 0.261. The predicted molar refractivity (Wildman–Crippen MR) is 43.7 cm³/mol. The Morgan fingerprint density at radius 1 is 1.45 bits per heavy atom. The summed E-state index contributed by atoms with van der Waals surface area (Å²) in [6, 6.07) is 0. The highest BCUT2D eigenvalue weighted by Gasteiger charge is 2.52. The minimum absolute atomic E-state index is 0.261. The van der Waals surface area contributed by atoms with Crippen molar-refractivity contribution in [1.29, 1.82) is 0 Å². The molecule has 1 amide bonds. The zero-order valence-corrected chi connectivity index (χ0v) is 6.80. The van der Waals surface area contributed by atoms with E-state index in [0.29, 0.717) is 23.0 Å². The molecule has 11 heavy (non-hydrogen) atoms. The maximum absolute atomic E-state index is 11.3. The van der Waals surface area contributed by atoms with Gasteiger partial charge >= 0.3 is 0 Å². The van der Waals surface area contributed by atoms with E-state index in [1.165, 1.54) is 6.42 Å². The lowest BCUT2D eigenvalue weighted by Crippen LogP contribution is -2.25. The SMILES string of the molecule is O=C1NSC2C3C=CC(C3)C12. The van der Waals surface area contributed by atoms with Crippen LogP contribution >= 0.6 is 11.9 Å². The topological polar surface area (TPSA) is 29.1 Å². The van der Waals surface area contributed by atoms with Crippen LogP contribution in [0.15, 0.2) is 12.2 Å². The van der Waals surface area contributed by atoms with Crippen molar-refractivity contribution in [2.45, 2.75) is 11.7 Å². The highest BCUT2D eigenvalue weighted by Crippen LogP contribution is 2.51. The molecule has 58 valence electrons. The lowest BCUT2D eigenvalue weighted by atomic mass is 9.93. The summed E-state index contributed by atoms with van der Waals surface area (Å²) in [7, 11) is 0. The van der Waals surface area contributed by atoms with Gasteiger partial charge in [-0.15, -0.1) is 0 Å². The number of hydrogen-bond acceptors (Lipinski definition) is 2. The first kappa shape index (κ1) is 6.12. The van der Waals surface area contributed by atoms with E-state index in [-0.39, 0.29) is 5.91 Å². The van der Waals surface area contributed by atoms with E-state index in [1.807, 2.05) is 0 Å². The molecule has 0 aromatic heterocycles. The summed E-state index contributed by atoms with van der Waals surface area (Å²) in [5.41, 5.74) is 0. The largest absolute Gasteiger partial charge is 0.300 e. The predicted octanol–water partition coefficient (Wildman–Crippen LogP) is 0.955. The molecule has 1 heterocycles. The van der Waals surface area contributed by atoms with Gasteiger partial charge in [0.25, 0.3) is 0 Å². The van der Waals surface area contributed by atoms with Crippen LogP contribution in [-0.2, 0) is 4.79 Å². The van der Waals surface area contributed by atoms with Crippen LogP contribution in [0.3, 0.4) is 0 Å². The molecule has 1 aliphatic heterocycles. The monoisotopic (exact) mass is 167 g/mol. The van der Waals surface area contributed by atoms with E-state index in [0.717, 1.165) is 0 Å². The van der Waals surface area contributed by atoms with Gasteiger partial charge < -0.3 is 0 Å². The first-order chi connectivity index (χ1) is 5.36. The highest BCUT2D eigenvalue weighted by molar-refractivity contribution is 7.99. The quantitative estimate of drug-likeness (QED) is 0.430. The molecular weight excluding hydrogens is 158 g/mol. The van der Waals surface area contributed by atoms with Gasteiger partial charge in [0.2, 0.25) is 5.91 Å². The van der Waals surface area contributed by atoms with Crippen LogP contribution in [0.4, 0.5) is 0 Å². The van der Waals surface area contributed by atoms with Gasteiger partial charge in [0, 0.05) is 5.25 Å². The Labute approximate surface area is 69.6 Å². The molecule has 2 nitrogen and oxygen atoms in total. The molecule has 2 aliphatic carbocycles. The molecular formula is C8H9NOS. The zero-order chi connectivity index (χ0) is 7.42. The van der Waals surface area contributed by atoms with E-state index in [4.69, 9.17) is 0 Å². The molecule has 0 aromatic carbocycles. The van der Waals surface area contributed by atoms with E-state index in [9.17, 15) is 4.79 Å². The second-order valence-electron chi connectivity index (χ2n) is 3.52. The first-order valence-electron chi connectivity index (χ1n) is 4.00. The Balaban J connectivity index is 2.03. The van der Waals surface area contributed by atoms with Crippen LogP contribution in [0.1, 0.15) is 6.42 Å². The third kappa shape index (κ3) is 0.625. The number of nitrogens with one attached hydrogen (secondary N) is 1. The zero-order valence-electron chi connectivity index (χ0n) is 5.99. The van der Waals surface area contributed by atoms with Crippen molar-refractivity contribution >= 4 is 17.9 Å². The molecule has 3 aliphatic rings. The molecule has 0 spiro atoms. The summed E-state index contributed by atoms with van der Waals surface area (Å²) in [4.78, 5) is 11.3. The fourth-order valence-corrected chi connectivity index (χ4v) is 3.71. The summed E-state index contributed by atoms with van der Waals surface area (Å²) < 4.78 is 2.86. The summed E-state index contributed by atoms with van der Waals surface area (Å²) in [6.07, 6.45) is 5.71. The fourth-order valence-electron chi connectivity index (χ4n) is 2.48. The van der Waals surface area contributed by atoms with Gasteiger partial charge in [-0.1, -0.05) is 12.2 Å². The molecule has 2 bridgehead atoms. The first-order valence-corrected chi connectivity index (χ1v) is 4.88. The third-order valence-electron chi connectivity index (χ3n) is 2.99. The van der Waals surface area contributed by atoms with Crippen LogP contribution < -0.4 is 4.72 Å². The van der Waals surface area contributed by atoms with Crippen LogP contribution in [-0.4, -0.2) is 11.2 Å². The molecule has 3 heteroatoms. The lowest BCUT2D eigenvalue weighted by Gasteiger charge is -2.14. The molecule has 4 atom stereocenters. The average Bonchev–Trinajstić information content (AvgIpc) is 2.60. The average molecular weight is 167 g/mol. The smallest absolute Gasteiger partial charge is 0.234 e. The Kier molecular flexibility index (Phi) is 1.02. The van der Waals surface area contributed by atoms with E-state index in [1.54, 1.807) is 11.9 Å². The number of carbonyl (C=O) groups excluding carboxylic acids is 1. The van der Waals surface area contributed by atoms with Crippen molar-refractivity contribution in [2.75, 3.05) is 0 Å². The minimum Gasteiger partial charge on any atom is -0.300 e. The van der Waals surface area contributed by atoms with E-state index < -0.39 is 0 Å². The van der Waals surface area contributed by atoms with Crippen LogP contribution in [0.2, 0.25) is 0 Å². The Morgan fingerprint density at radius 3 is 3.09 bits per heavy atom. The van der Waals surface area contributed by atoms with Gasteiger partial charge in [0.1, 0.15) is 0 Å². The van der Waals surface area contributed by atoms with Crippen molar-refractivity contribution in [3.63, 3.8) is 0 Å². The number of hydrogen-bond donors (Lipinski definition) is 1. The van der Waals surface area contributed by atoms with Crippen molar-refractivity contribution < 1.29 is 4.79 Å². The van der Waals surface area contributed by atoms with Crippen LogP contribution in [0.5, 0.6) is 0 Å². The Bertz CT molecular complexity index is 250. The van der Waals surface area contributed by atoms with Gasteiger partial charge in [-0.25, -0.2) is 0 Å². The molecule has 4 unspecified atom stereocenters. The van der Waals surface area contributed by atoms with Crippen LogP contribution in [0, 0.1) is 17.8 Å². The number of allylic oxidation sites excluding steroid dienone is 2. The molecule has 1 saturated heterocycles. The van der Waals surface area contributed by atoms with Crippen molar-refractivity contribution in [3.8, 4) is 0 Å². The molecule has 1 N–H and O–H groups in total. The maximum Gasteiger partial charge on any atom is 0.234 e. The third-order valence-corrected chi connectivity index (χ3v) is 4.22. The van der Waals surface area contributed by atoms with Crippen molar-refractivity contribution in [3.05, 3.63) is 12.2 Å².